The van der Waals surface area contributed by atoms with E-state index in [2.05, 4.69) is 113 Å². The molecule has 4 aromatic heterocycles. The van der Waals surface area contributed by atoms with Gasteiger partial charge in [0.25, 0.3) is 0 Å². The summed E-state index contributed by atoms with van der Waals surface area (Å²) in [6.07, 6.45) is 1.50. The molecule has 8 aromatic rings. The summed E-state index contributed by atoms with van der Waals surface area (Å²) >= 11 is 9.30. The van der Waals surface area contributed by atoms with Gasteiger partial charge in [-0.1, -0.05) is 60.7 Å². The van der Waals surface area contributed by atoms with Gasteiger partial charge >= 0.3 is 0 Å². The highest BCUT2D eigenvalue weighted by Gasteiger charge is 2.23. The fourth-order valence-electron chi connectivity index (χ4n) is 5.42. The van der Waals surface area contributed by atoms with Crippen molar-refractivity contribution in [3.63, 3.8) is 0 Å². The maximum absolute atomic E-state index is 6.12. The van der Waals surface area contributed by atoms with Crippen molar-refractivity contribution < 1.29 is 0 Å². The molecule has 12 nitrogen and oxygen atoms in total. The number of nitrogens with one attached hydrogen (secondary N) is 4. The van der Waals surface area contributed by atoms with Crippen molar-refractivity contribution in [3.8, 4) is 0 Å². The molecule has 0 fully saturated rings. The minimum atomic E-state index is -0.370. The Morgan fingerprint density at radius 3 is 1.55 bits per heavy atom. The van der Waals surface area contributed by atoms with Gasteiger partial charge in [0.1, 0.15) is 6.33 Å². The zero-order valence-electron chi connectivity index (χ0n) is 29.2. The van der Waals surface area contributed by atoms with Gasteiger partial charge in [0, 0.05) is 11.4 Å². The normalized spacial score (nSPS) is 11.5. The molecule has 0 unspecified atom stereocenters. The van der Waals surface area contributed by atoms with Crippen LogP contribution in [0, 0.1) is 0 Å². The van der Waals surface area contributed by atoms with E-state index < -0.39 is 0 Å². The fourth-order valence-corrected chi connectivity index (χ4v) is 7.01. The Balaban J connectivity index is 0.000000164. The summed E-state index contributed by atoms with van der Waals surface area (Å²) in [5.41, 5.74) is 8.99. The summed E-state index contributed by atoms with van der Waals surface area (Å²) in [5, 5.41) is 13.2. The lowest BCUT2D eigenvalue weighted by Gasteiger charge is -2.27. The Bertz CT molecular complexity index is 2450. The summed E-state index contributed by atoms with van der Waals surface area (Å²) in [7, 11) is 0. The Morgan fingerprint density at radius 2 is 0.981 bits per heavy atom. The van der Waals surface area contributed by atoms with E-state index in [-0.39, 0.29) is 16.4 Å². The van der Waals surface area contributed by atoms with E-state index >= 15 is 0 Å². The van der Waals surface area contributed by atoms with E-state index in [1.165, 1.54) is 6.33 Å². The predicted molar refractivity (Wildman–Crippen MR) is 217 cm³/mol. The molecular weight excluding hydrogens is 724 g/mol. The summed E-state index contributed by atoms with van der Waals surface area (Å²) < 4.78 is 2.20. The van der Waals surface area contributed by atoms with Gasteiger partial charge in [-0.25, -0.2) is 19.9 Å². The summed E-state index contributed by atoms with van der Waals surface area (Å²) in [6, 6.07) is 32.2. The lowest BCUT2D eigenvalue weighted by atomic mass is 9.95. The average molecular weight is 759 g/mol. The van der Waals surface area contributed by atoms with Gasteiger partial charge in [-0.2, -0.15) is 19.9 Å². The van der Waals surface area contributed by atoms with Crippen molar-refractivity contribution in [3.05, 3.63) is 131 Å². The van der Waals surface area contributed by atoms with E-state index in [9.17, 15) is 0 Å². The molecule has 0 saturated heterocycles. The molecular formula is C38H35ClN12S2. The first-order valence-corrected chi connectivity index (χ1v) is 18.7. The number of fused-ring (bicyclic) bond motifs is 2. The molecule has 4 aromatic carbocycles. The van der Waals surface area contributed by atoms with Crippen LogP contribution in [0.25, 0.3) is 20.4 Å². The number of thiazole rings is 2. The summed E-state index contributed by atoms with van der Waals surface area (Å²) in [6.45, 7) is 8.31. The number of hydrogen-bond donors (Lipinski definition) is 4. The largest absolute Gasteiger partial charge is 0.345 e. The monoisotopic (exact) mass is 758 g/mol. The van der Waals surface area contributed by atoms with Crippen LogP contribution >= 0.6 is 34.3 Å². The second kappa shape index (κ2) is 15.4. The maximum atomic E-state index is 6.12. The van der Waals surface area contributed by atoms with Gasteiger partial charge in [0.15, 0.2) is 0 Å². The van der Waals surface area contributed by atoms with Gasteiger partial charge in [0.05, 0.1) is 42.5 Å². The molecule has 4 heterocycles. The number of halogens is 1. The fraction of sp³-hybridized carbons (Fsp3) is 0.158. The highest BCUT2D eigenvalue weighted by molar-refractivity contribution is 7.17. The minimum Gasteiger partial charge on any atom is -0.345 e. The number of anilines is 6. The molecule has 15 heteroatoms. The molecule has 0 atom stereocenters. The van der Waals surface area contributed by atoms with Crippen molar-refractivity contribution in [1.29, 1.82) is 0 Å². The average Bonchev–Trinajstić information content (AvgIpc) is 3.82. The van der Waals surface area contributed by atoms with Gasteiger partial charge < -0.3 is 21.3 Å². The Labute approximate surface area is 319 Å². The van der Waals surface area contributed by atoms with Crippen LogP contribution in [0.15, 0.2) is 114 Å². The molecule has 0 bridgehead atoms. The van der Waals surface area contributed by atoms with E-state index in [0.29, 0.717) is 23.8 Å². The van der Waals surface area contributed by atoms with E-state index in [1.54, 1.807) is 22.7 Å². The molecule has 0 spiro atoms. The molecule has 0 radical (unpaired) electrons. The topological polar surface area (TPSA) is 151 Å². The second-order valence-electron chi connectivity index (χ2n) is 12.9. The van der Waals surface area contributed by atoms with Crippen LogP contribution in [0.5, 0.6) is 0 Å². The first-order chi connectivity index (χ1) is 25.6. The lowest BCUT2D eigenvalue weighted by Crippen LogP contribution is -2.29. The highest BCUT2D eigenvalue weighted by atomic mass is 35.5. The third-order valence-corrected chi connectivity index (χ3v) is 9.95. The van der Waals surface area contributed by atoms with Crippen molar-refractivity contribution in [2.24, 2.45) is 0 Å². The summed E-state index contributed by atoms with van der Waals surface area (Å²) in [4.78, 5) is 34.4. The second-order valence-corrected chi connectivity index (χ2v) is 15.0. The number of aromatic nitrogens is 8. The minimum absolute atomic E-state index is 0.123. The van der Waals surface area contributed by atoms with Gasteiger partial charge in [-0.3, -0.25) is 0 Å². The van der Waals surface area contributed by atoms with E-state index in [0.717, 1.165) is 42.9 Å². The first kappa shape index (κ1) is 35.6. The standard InChI is InChI=1S/C19H17ClN6S.C19H18N6S/c1-19(2,12-6-4-3-5-7-12)26-18-24-16(20)23-17(25-18)22-13-8-9-14-15(10-13)27-11-21-14;1-19(2,13-6-4-3-5-7-13)25-18-21-11-20-17(24-18)23-14-8-9-15-16(10-14)26-12-22-15/h3-11H,1-2H3,(H2,22,23,24,25,26);3-12H,1-2H3,(H2,20,21,23,24,25). The highest BCUT2D eigenvalue weighted by Crippen LogP contribution is 2.28. The molecule has 8 rings (SSSR count). The van der Waals surface area contributed by atoms with E-state index in [1.807, 2.05) is 83.8 Å². The zero-order valence-corrected chi connectivity index (χ0v) is 31.6. The van der Waals surface area contributed by atoms with Gasteiger partial charge in [-0.05, 0) is 86.8 Å². The quantitative estimate of drug-likeness (QED) is 0.105. The molecule has 0 aliphatic heterocycles. The molecule has 266 valence electrons. The SMILES string of the molecule is CC(C)(Nc1nc(Cl)nc(Nc2ccc3ncsc3c2)n1)c1ccccc1.CC(C)(Nc1ncnc(Nc2ccc3ncsc3c2)n1)c1ccccc1. The number of hydrogen-bond acceptors (Lipinski definition) is 14. The van der Waals surface area contributed by atoms with Crippen LogP contribution in [-0.2, 0) is 11.1 Å². The van der Waals surface area contributed by atoms with Crippen LogP contribution in [0.2, 0.25) is 5.28 Å². The van der Waals surface area contributed by atoms with Crippen molar-refractivity contribution in [1.82, 2.24) is 39.9 Å². The van der Waals surface area contributed by atoms with Crippen LogP contribution in [0.4, 0.5) is 35.2 Å². The molecule has 0 amide bonds. The van der Waals surface area contributed by atoms with E-state index in [4.69, 9.17) is 11.6 Å². The zero-order chi connectivity index (χ0) is 36.8. The summed E-state index contributed by atoms with van der Waals surface area (Å²) in [5.74, 6) is 1.81. The lowest BCUT2D eigenvalue weighted by molar-refractivity contribution is 0.601. The predicted octanol–water partition coefficient (Wildman–Crippen LogP) is 9.80. The third-order valence-electron chi connectivity index (χ3n) is 8.19. The maximum Gasteiger partial charge on any atom is 0.233 e. The molecule has 4 N–H and O–H groups in total. The Hall–Kier alpha value is -5.83. The van der Waals surface area contributed by atoms with Crippen molar-refractivity contribution in [2.45, 2.75) is 38.8 Å². The first-order valence-electron chi connectivity index (χ1n) is 16.6. The number of rotatable bonds is 10. The molecule has 53 heavy (non-hydrogen) atoms. The van der Waals surface area contributed by atoms with Crippen molar-refractivity contribution >= 4 is 89.9 Å². The van der Waals surface area contributed by atoms with Crippen LogP contribution in [-0.4, -0.2) is 39.9 Å². The molecule has 0 aliphatic rings. The van der Waals surface area contributed by atoms with Crippen LogP contribution in [0.3, 0.4) is 0 Å². The Kier molecular flexibility index (Phi) is 10.3. The van der Waals surface area contributed by atoms with Gasteiger partial charge in [0.2, 0.25) is 29.1 Å². The smallest absolute Gasteiger partial charge is 0.233 e. The number of benzene rings is 4. The van der Waals surface area contributed by atoms with Gasteiger partial charge in [-0.15, -0.1) is 22.7 Å². The van der Waals surface area contributed by atoms with Crippen LogP contribution < -0.4 is 21.3 Å². The third kappa shape index (κ3) is 8.98. The molecule has 0 aliphatic carbocycles. The Morgan fingerprint density at radius 1 is 0.509 bits per heavy atom. The van der Waals surface area contributed by atoms with Crippen molar-refractivity contribution in [2.75, 3.05) is 21.3 Å². The van der Waals surface area contributed by atoms with Crippen LogP contribution in [0.1, 0.15) is 38.8 Å². The number of nitrogens with zero attached hydrogens (tertiary/aromatic N) is 8. The molecule has 0 saturated carbocycles.